The Kier molecular flexibility index (Phi) is 7.35. The molecule has 2 aromatic carbocycles. The van der Waals surface area contributed by atoms with Crippen LogP contribution >= 0.6 is 27.5 Å². The molecule has 0 aliphatic carbocycles. The fourth-order valence-corrected chi connectivity index (χ4v) is 3.70. The van der Waals surface area contributed by atoms with Crippen LogP contribution in [0.2, 0.25) is 5.02 Å². The van der Waals surface area contributed by atoms with Gasteiger partial charge in [-0.2, -0.15) is 4.99 Å². The van der Waals surface area contributed by atoms with Crippen LogP contribution in [0.1, 0.15) is 18.1 Å². The van der Waals surface area contributed by atoms with Gasteiger partial charge in [0.2, 0.25) is 5.91 Å². The molecule has 160 valence electrons. The normalized spacial score (nSPS) is 16.2. The highest BCUT2D eigenvalue weighted by Crippen LogP contribution is 2.25. The Morgan fingerprint density at radius 3 is 2.39 bits per heavy atom. The second kappa shape index (κ2) is 9.98. The smallest absolute Gasteiger partial charge is 0.269 e. The second-order valence-corrected chi connectivity index (χ2v) is 8.26. The number of amides is 3. The monoisotopic (exact) mass is 503 g/mol. The second-order valence-electron chi connectivity index (χ2n) is 7.00. The Bertz CT molecular complexity index is 1090. The van der Waals surface area contributed by atoms with Gasteiger partial charge in [-0.3, -0.25) is 24.1 Å². The van der Waals surface area contributed by atoms with E-state index in [4.69, 9.17) is 11.6 Å². The quantitative estimate of drug-likeness (QED) is 0.587. The molecule has 0 radical (unpaired) electrons. The van der Waals surface area contributed by atoms with Crippen LogP contribution in [0.15, 0.2) is 58.0 Å². The van der Waals surface area contributed by atoms with Gasteiger partial charge in [-0.1, -0.05) is 63.9 Å². The Hall–Kier alpha value is -2.84. The maximum Gasteiger partial charge on any atom is 0.269 e. The molecule has 0 fully saturated rings. The van der Waals surface area contributed by atoms with E-state index in [0.29, 0.717) is 10.6 Å². The van der Waals surface area contributed by atoms with Crippen LogP contribution in [0.3, 0.4) is 0 Å². The van der Waals surface area contributed by atoms with E-state index in [1.807, 2.05) is 24.3 Å². The average molecular weight is 505 g/mol. The van der Waals surface area contributed by atoms with E-state index in [2.05, 4.69) is 26.2 Å². The first-order chi connectivity index (χ1) is 14.8. The third-order valence-electron chi connectivity index (χ3n) is 4.68. The molecule has 7 nitrogen and oxygen atoms in total. The van der Waals surface area contributed by atoms with Gasteiger partial charge in [-0.15, -0.1) is 0 Å². The van der Waals surface area contributed by atoms with Gasteiger partial charge >= 0.3 is 0 Å². The van der Waals surface area contributed by atoms with Crippen LogP contribution in [0.25, 0.3) is 0 Å². The number of Topliss-reactive ketones (excluding diaryl/α,β-unsaturated/α-hetero) is 1. The van der Waals surface area contributed by atoms with E-state index in [9.17, 15) is 19.2 Å². The van der Waals surface area contributed by atoms with Crippen LogP contribution in [0.5, 0.6) is 0 Å². The number of nitrogens with zero attached hydrogens (tertiary/aromatic N) is 2. The molecular formula is C22H19BrClN3O4. The Balaban J connectivity index is 1.97. The van der Waals surface area contributed by atoms with Crippen LogP contribution < -0.4 is 5.32 Å². The molecule has 0 aromatic heterocycles. The molecule has 9 heteroatoms. The van der Waals surface area contributed by atoms with E-state index in [1.54, 1.807) is 24.3 Å². The molecule has 1 aliphatic rings. The summed E-state index contributed by atoms with van der Waals surface area (Å²) in [6.45, 7) is 1.13. The van der Waals surface area contributed by atoms with E-state index in [0.717, 1.165) is 10.0 Å². The standard InChI is InChI=1S/C22H19BrClN3O4/c1-13(28)11-25-20(29)19-21(30)26-18(10-14-6-3-5-9-17(14)24)27(22(19)31)12-15-7-2-4-8-16(15)23/h2-9,19H,10-12H2,1H3,(H,25,29). The van der Waals surface area contributed by atoms with Gasteiger partial charge in [0, 0.05) is 15.9 Å². The van der Waals surface area contributed by atoms with Crippen molar-refractivity contribution in [2.24, 2.45) is 10.9 Å². The Morgan fingerprint density at radius 2 is 1.74 bits per heavy atom. The number of carbonyl (C=O) groups is 4. The predicted octanol–water partition coefficient (Wildman–Crippen LogP) is 2.93. The van der Waals surface area contributed by atoms with Crippen molar-refractivity contribution < 1.29 is 19.2 Å². The summed E-state index contributed by atoms with van der Waals surface area (Å²) < 4.78 is 0.773. The lowest BCUT2D eigenvalue weighted by molar-refractivity contribution is -0.146. The van der Waals surface area contributed by atoms with Crippen LogP contribution in [0.4, 0.5) is 0 Å². The molecule has 1 N–H and O–H groups in total. The molecule has 0 spiro atoms. The largest absolute Gasteiger partial charge is 0.348 e. The van der Waals surface area contributed by atoms with Crippen LogP contribution in [0, 0.1) is 5.92 Å². The average Bonchev–Trinajstić information content (AvgIpc) is 2.72. The minimum atomic E-state index is -1.64. The SMILES string of the molecule is CC(=O)CNC(=O)C1C(=O)N=C(Cc2ccccc2Cl)N(Cc2ccccc2Br)C1=O. The fraction of sp³-hybridized carbons (Fsp3) is 0.227. The number of aliphatic imine (C=N–C) groups is 1. The van der Waals surface area contributed by atoms with Crippen molar-refractivity contribution in [3.8, 4) is 0 Å². The third-order valence-corrected chi connectivity index (χ3v) is 5.82. The zero-order valence-corrected chi connectivity index (χ0v) is 18.9. The van der Waals surface area contributed by atoms with Crippen molar-refractivity contribution >= 4 is 56.9 Å². The van der Waals surface area contributed by atoms with Gasteiger partial charge in [-0.25, -0.2) is 0 Å². The maximum atomic E-state index is 13.3. The number of halogens is 2. The molecule has 2 aromatic rings. The summed E-state index contributed by atoms with van der Waals surface area (Å²) in [6.07, 6.45) is 0.142. The summed E-state index contributed by atoms with van der Waals surface area (Å²) in [4.78, 5) is 54.9. The Morgan fingerprint density at radius 1 is 1.10 bits per heavy atom. The zero-order valence-electron chi connectivity index (χ0n) is 16.6. The van der Waals surface area contributed by atoms with Gasteiger partial charge in [0.1, 0.15) is 11.6 Å². The molecule has 1 aliphatic heterocycles. The minimum absolute atomic E-state index is 0.104. The number of carbonyl (C=O) groups excluding carboxylic acids is 4. The van der Waals surface area contributed by atoms with Crippen molar-refractivity contribution in [1.29, 1.82) is 0 Å². The minimum Gasteiger partial charge on any atom is -0.348 e. The van der Waals surface area contributed by atoms with E-state index < -0.39 is 23.6 Å². The lowest BCUT2D eigenvalue weighted by Crippen LogP contribution is -2.53. The van der Waals surface area contributed by atoms with Crippen molar-refractivity contribution in [2.45, 2.75) is 19.9 Å². The number of amidine groups is 1. The molecule has 3 amide bonds. The highest BCUT2D eigenvalue weighted by Gasteiger charge is 2.42. The van der Waals surface area contributed by atoms with Crippen molar-refractivity contribution in [3.05, 3.63) is 69.2 Å². The van der Waals surface area contributed by atoms with E-state index in [-0.39, 0.29) is 31.1 Å². The van der Waals surface area contributed by atoms with Gasteiger partial charge in [0.05, 0.1) is 13.1 Å². The van der Waals surface area contributed by atoms with Gasteiger partial charge in [0.25, 0.3) is 11.8 Å². The first-order valence-corrected chi connectivity index (χ1v) is 10.6. The first-order valence-electron chi connectivity index (χ1n) is 9.44. The zero-order chi connectivity index (χ0) is 22.5. The first kappa shape index (κ1) is 22.8. The molecular weight excluding hydrogens is 486 g/mol. The van der Waals surface area contributed by atoms with E-state index in [1.165, 1.54) is 11.8 Å². The fourth-order valence-electron chi connectivity index (χ4n) is 3.09. The van der Waals surface area contributed by atoms with Crippen LogP contribution in [-0.2, 0) is 32.1 Å². The Labute approximate surface area is 192 Å². The third kappa shape index (κ3) is 5.45. The molecule has 1 atom stereocenters. The highest BCUT2D eigenvalue weighted by molar-refractivity contribution is 9.10. The van der Waals surface area contributed by atoms with Crippen molar-refractivity contribution in [3.63, 3.8) is 0 Å². The molecule has 31 heavy (non-hydrogen) atoms. The molecule has 0 saturated carbocycles. The topological polar surface area (TPSA) is 95.9 Å². The summed E-state index contributed by atoms with van der Waals surface area (Å²) in [5, 5.41) is 2.80. The van der Waals surface area contributed by atoms with Crippen molar-refractivity contribution in [1.82, 2.24) is 10.2 Å². The van der Waals surface area contributed by atoms with Gasteiger partial charge < -0.3 is 5.32 Å². The molecule has 0 bridgehead atoms. The number of benzene rings is 2. The molecule has 0 saturated heterocycles. The predicted molar refractivity (Wildman–Crippen MR) is 119 cm³/mol. The summed E-state index contributed by atoms with van der Waals surface area (Å²) in [7, 11) is 0. The number of hydrogen-bond acceptors (Lipinski definition) is 4. The lowest BCUT2D eigenvalue weighted by Gasteiger charge is -2.31. The highest BCUT2D eigenvalue weighted by atomic mass is 79.9. The molecule has 1 unspecified atom stereocenters. The number of nitrogens with one attached hydrogen (secondary N) is 1. The summed E-state index contributed by atoms with van der Waals surface area (Å²) in [6, 6.07) is 14.4. The van der Waals surface area contributed by atoms with Gasteiger partial charge in [-0.05, 0) is 30.2 Å². The number of hydrogen-bond donors (Lipinski definition) is 1. The number of rotatable bonds is 7. The van der Waals surface area contributed by atoms with Crippen molar-refractivity contribution in [2.75, 3.05) is 6.54 Å². The van der Waals surface area contributed by atoms with E-state index >= 15 is 0 Å². The summed E-state index contributed by atoms with van der Waals surface area (Å²) >= 11 is 9.71. The summed E-state index contributed by atoms with van der Waals surface area (Å²) in [5.41, 5.74) is 1.47. The van der Waals surface area contributed by atoms with Gasteiger partial charge in [0.15, 0.2) is 5.92 Å². The maximum absolute atomic E-state index is 13.3. The summed E-state index contributed by atoms with van der Waals surface area (Å²) in [5.74, 6) is -4.14. The molecule has 1 heterocycles. The van der Waals surface area contributed by atoms with Crippen LogP contribution in [-0.4, -0.2) is 40.8 Å². The number of ketones is 1. The molecule has 3 rings (SSSR count). The lowest BCUT2D eigenvalue weighted by atomic mass is 10.0.